The molecule has 4 nitrogen and oxygen atoms in total. The van der Waals surface area contributed by atoms with Crippen molar-refractivity contribution in [3.63, 3.8) is 0 Å². The normalized spacial score (nSPS) is 15.1. The fraction of sp³-hybridized carbons (Fsp3) is 0.140. The summed E-state index contributed by atoms with van der Waals surface area (Å²) in [6.45, 7) is 9.33. The third kappa shape index (κ3) is 3.97. The van der Waals surface area contributed by atoms with Gasteiger partial charge in [-0.1, -0.05) is 91.0 Å². The van der Waals surface area contributed by atoms with Crippen molar-refractivity contribution in [2.45, 2.75) is 38.8 Å². The Morgan fingerprint density at radius 2 is 1.00 bits per heavy atom. The zero-order valence-corrected chi connectivity index (χ0v) is 27.1. The molecule has 0 atom stereocenters. The molecule has 0 unspecified atom stereocenters. The van der Waals surface area contributed by atoms with E-state index in [0.717, 1.165) is 22.8 Å². The van der Waals surface area contributed by atoms with E-state index in [1.165, 1.54) is 49.6 Å². The van der Waals surface area contributed by atoms with Crippen LogP contribution in [0.15, 0.2) is 146 Å². The predicted molar refractivity (Wildman–Crippen MR) is 197 cm³/mol. The molecule has 0 bridgehead atoms. The monoisotopic (exact) mass is 608 g/mol. The fourth-order valence-corrected chi connectivity index (χ4v) is 7.64. The van der Waals surface area contributed by atoms with Gasteiger partial charge in [-0.25, -0.2) is 4.98 Å². The molecule has 2 aromatic heterocycles. The van der Waals surface area contributed by atoms with Crippen LogP contribution in [0.25, 0.3) is 60.8 Å². The number of aromatic nitrogens is 3. The van der Waals surface area contributed by atoms with Crippen LogP contribution in [0.1, 0.15) is 27.7 Å². The number of benzene rings is 6. The molecule has 3 heterocycles. The van der Waals surface area contributed by atoms with Crippen LogP contribution in [-0.2, 0) is 5.54 Å². The molecule has 9 rings (SSSR count). The van der Waals surface area contributed by atoms with E-state index in [1.807, 2.05) is 0 Å². The largest absolute Gasteiger partial charge is 0.309 e. The van der Waals surface area contributed by atoms with Crippen LogP contribution >= 0.6 is 0 Å². The first kappa shape index (κ1) is 27.7. The number of fused-ring (bicyclic) bond motifs is 6. The predicted octanol–water partition coefficient (Wildman–Crippen LogP) is 11.1. The SMILES string of the molecule is CC1(C)N(c2cccc(-n3c4ccc(-c5ccccc5)cc4c4cc(-c5ccccc5)ccc43)c2)c2nc3ccccc3n2C1(C)C. The molecule has 4 heteroatoms. The van der Waals surface area contributed by atoms with E-state index in [2.05, 4.69) is 187 Å². The summed E-state index contributed by atoms with van der Waals surface area (Å²) in [5.74, 6) is 0.987. The Hall–Kier alpha value is -5.61. The van der Waals surface area contributed by atoms with Gasteiger partial charge in [0.05, 0.1) is 33.1 Å². The van der Waals surface area contributed by atoms with Gasteiger partial charge in [-0.15, -0.1) is 0 Å². The number of hydrogen-bond acceptors (Lipinski definition) is 2. The summed E-state index contributed by atoms with van der Waals surface area (Å²) in [5.41, 5.74) is 11.3. The first-order valence-corrected chi connectivity index (χ1v) is 16.4. The Labute approximate surface area is 275 Å². The molecular formula is C43H36N4. The van der Waals surface area contributed by atoms with Crippen molar-refractivity contribution < 1.29 is 0 Å². The van der Waals surface area contributed by atoms with Gasteiger partial charge in [0.25, 0.3) is 0 Å². The smallest absolute Gasteiger partial charge is 0.212 e. The molecule has 0 N–H and O–H groups in total. The summed E-state index contributed by atoms with van der Waals surface area (Å²) in [6.07, 6.45) is 0. The summed E-state index contributed by atoms with van der Waals surface area (Å²) in [4.78, 5) is 7.63. The van der Waals surface area contributed by atoms with Gasteiger partial charge in [-0.3, -0.25) is 0 Å². The highest BCUT2D eigenvalue weighted by atomic mass is 15.4. The van der Waals surface area contributed by atoms with Crippen LogP contribution in [0, 0.1) is 0 Å². The average molecular weight is 609 g/mol. The Kier molecular flexibility index (Phi) is 5.86. The van der Waals surface area contributed by atoms with Gasteiger partial charge in [-0.2, -0.15) is 0 Å². The second-order valence-electron chi connectivity index (χ2n) is 13.7. The summed E-state index contributed by atoms with van der Waals surface area (Å²) in [7, 11) is 0. The lowest BCUT2D eigenvalue weighted by atomic mass is 9.82. The number of para-hydroxylation sites is 2. The van der Waals surface area contributed by atoms with E-state index in [1.54, 1.807) is 0 Å². The number of anilines is 2. The van der Waals surface area contributed by atoms with Gasteiger partial charge in [0, 0.05) is 22.1 Å². The van der Waals surface area contributed by atoms with E-state index >= 15 is 0 Å². The molecule has 1 aliphatic heterocycles. The van der Waals surface area contributed by atoms with Crippen molar-refractivity contribution in [2.24, 2.45) is 0 Å². The van der Waals surface area contributed by atoms with Gasteiger partial charge in [-0.05, 0) is 105 Å². The first-order chi connectivity index (χ1) is 22.8. The Balaban J connectivity index is 1.27. The zero-order valence-electron chi connectivity index (χ0n) is 27.1. The Morgan fingerprint density at radius 1 is 0.447 bits per heavy atom. The molecule has 0 spiro atoms. The lowest BCUT2D eigenvalue weighted by molar-refractivity contribution is 0.253. The Morgan fingerprint density at radius 3 is 1.62 bits per heavy atom. The minimum absolute atomic E-state index is 0.192. The molecule has 6 aromatic carbocycles. The van der Waals surface area contributed by atoms with Crippen molar-refractivity contribution in [2.75, 3.05) is 4.90 Å². The van der Waals surface area contributed by atoms with Gasteiger partial charge >= 0.3 is 0 Å². The van der Waals surface area contributed by atoms with Gasteiger partial charge < -0.3 is 14.0 Å². The molecule has 0 amide bonds. The highest BCUT2D eigenvalue weighted by Gasteiger charge is 2.53. The Bertz CT molecular complexity index is 2370. The molecular weight excluding hydrogens is 573 g/mol. The van der Waals surface area contributed by atoms with Crippen molar-refractivity contribution in [1.29, 1.82) is 0 Å². The number of hydrogen-bond donors (Lipinski definition) is 0. The number of rotatable bonds is 4. The number of nitrogens with zero attached hydrogens (tertiary/aromatic N) is 4. The minimum atomic E-state index is -0.228. The lowest BCUT2D eigenvalue weighted by Gasteiger charge is -2.41. The highest BCUT2D eigenvalue weighted by molar-refractivity contribution is 6.11. The van der Waals surface area contributed by atoms with Crippen molar-refractivity contribution in [3.8, 4) is 27.9 Å². The quantitative estimate of drug-likeness (QED) is 0.199. The lowest BCUT2D eigenvalue weighted by Crippen LogP contribution is -2.50. The maximum absolute atomic E-state index is 5.19. The second-order valence-corrected chi connectivity index (χ2v) is 13.7. The minimum Gasteiger partial charge on any atom is -0.309 e. The van der Waals surface area contributed by atoms with Crippen LogP contribution in [0.4, 0.5) is 11.6 Å². The summed E-state index contributed by atoms with van der Waals surface area (Å²) >= 11 is 0. The third-order valence-electron chi connectivity index (χ3n) is 10.7. The standard InChI is InChI=1S/C43H36N4/c1-42(2)43(3,4)47-40-21-12-11-20-37(40)44-41(47)46(42)34-19-13-18-33(28-34)45-38-24-22-31(29-14-7-5-8-15-29)26-35(38)36-27-32(23-25-39(36)45)30-16-9-6-10-17-30/h5-28H,1-4H3. The molecule has 47 heavy (non-hydrogen) atoms. The number of imidazole rings is 1. The molecule has 0 fully saturated rings. The van der Waals surface area contributed by atoms with Crippen LogP contribution in [-0.4, -0.2) is 19.7 Å². The van der Waals surface area contributed by atoms with E-state index < -0.39 is 0 Å². The fourth-order valence-electron chi connectivity index (χ4n) is 7.64. The van der Waals surface area contributed by atoms with Crippen LogP contribution in [0.3, 0.4) is 0 Å². The molecule has 8 aromatic rings. The van der Waals surface area contributed by atoms with Crippen LogP contribution in [0.2, 0.25) is 0 Å². The van der Waals surface area contributed by atoms with E-state index in [-0.39, 0.29) is 11.1 Å². The molecule has 0 saturated carbocycles. The van der Waals surface area contributed by atoms with E-state index in [9.17, 15) is 0 Å². The third-order valence-corrected chi connectivity index (χ3v) is 10.7. The van der Waals surface area contributed by atoms with Crippen LogP contribution in [0.5, 0.6) is 0 Å². The van der Waals surface area contributed by atoms with E-state index in [0.29, 0.717) is 0 Å². The topological polar surface area (TPSA) is 26.0 Å². The summed E-state index contributed by atoms with van der Waals surface area (Å²) < 4.78 is 4.85. The van der Waals surface area contributed by atoms with E-state index in [4.69, 9.17) is 4.98 Å². The van der Waals surface area contributed by atoms with Crippen molar-refractivity contribution in [3.05, 3.63) is 146 Å². The van der Waals surface area contributed by atoms with Gasteiger partial charge in [0.1, 0.15) is 0 Å². The van der Waals surface area contributed by atoms with Crippen molar-refractivity contribution >= 4 is 44.5 Å². The van der Waals surface area contributed by atoms with Crippen LogP contribution < -0.4 is 4.90 Å². The molecule has 228 valence electrons. The molecule has 0 aliphatic carbocycles. The highest BCUT2D eigenvalue weighted by Crippen LogP contribution is 2.52. The zero-order chi connectivity index (χ0) is 31.9. The summed E-state index contributed by atoms with van der Waals surface area (Å²) in [6, 6.07) is 52.6. The first-order valence-electron chi connectivity index (χ1n) is 16.4. The van der Waals surface area contributed by atoms with Gasteiger partial charge in [0.15, 0.2) is 0 Å². The molecule has 0 radical (unpaired) electrons. The maximum atomic E-state index is 5.19. The summed E-state index contributed by atoms with van der Waals surface area (Å²) in [5, 5.41) is 2.49. The van der Waals surface area contributed by atoms with Gasteiger partial charge in [0.2, 0.25) is 5.95 Å². The molecule has 0 saturated heterocycles. The van der Waals surface area contributed by atoms with Crippen molar-refractivity contribution in [1.82, 2.24) is 14.1 Å². The average Bonchev–Trinajstić information content (AvgIpc) is 3.69. The second kappa shape index (κ2) is 9.94. The molecule has 1 aliphatic rings. The maximum Gasteiger partial charge on any atom is 0.212 e.